The van der Waals surface area contributed by atoms with Crippen molar-refractivity contribution in [2.24, 2.45) is 0 Å². The third kappa shape index (κ3) is 2.20. The van der Waals surface area contributed by atoms with Gasteiger partial charge in [-0.3, -0.25) is 0 Å². The lowest BCUT2D eigenvalue weighted by atomic mass is 10.2. The average molecular weight is 246 g/mol. The van der Waals surface area contributed by atoms with Crippen LogP contribution in [0.4, 0.5) is 0 Å². The summed E-state index contributed by atoms with van der Waals surface area (Å²) in [5.41, 5.74) is 2.14. The summed E-state index contributed by atoms with van der Waals surface area (Å²) in [4.78, 5) is 11.5. The SMILES string of the molecule is COC(=O)c1ccc(-n2ccc(C)n2)cc1OC. The number of aryl methyl sites for hydroxylation is 1. The monoisotopic (exact) mass is 246 g/mol. The van der Waals surface area contributed by atoms with Crippen molar-refractivity contribution in [1.29, 1.82) is 0 Å². The summed E-state index contributed by atoms with van der Waals surface area (Å²) in [6, 6.07) is 7.11. The first-order chi connectivity index (χ1) is 8.65. The van der Waals surface area contributed by atoms with Crippen molar-refractivity contribution in [3.05, 3.63) is 41.7 Å². The fourth-order valence-electron chi connectivity index (χ4n) is 1.66. The van der Waals surface area contributed by atoms with E-state index in [0.717, 1.165) is 11.4 Å². The highest BCUT2D eigenvalue weighted by atomic mass is 16.5. The van der Waals surface area contributed by atoms with Gasteiger partial charge in [-0.2, -0.15) is 5.10 Å². The van der Waals surface area contributed by atoms with Crippen molar-refractivity contribution in [3.8, 4) is 11.4 Å². The topological polar surface area (TPSA) is 53.4 Å². The van der Waals surface area contributed by atoms with Crippen molar-refractivity contribution in [1.82, 2.24) is 9.78 Å². The number of methoxy groups -OCH3 is 2. The van der Waals surface area contributed by atoms with Crippen molar-refractivity contribution in [2.75, 3.05) is 14.2 Å². The lowest BCUT2D eigenvalue weighted by Gasteiger charge is -2.09. The molecule has 0 aliphatic carbocycles. The molecule has 0 saturated heterocycles. The molecule has 0 saturated carbocycles. The van der Waals surface area contributed by atoms with Gasteiger partial charge in [0.25, 0.3) is 0 Å². The van der Waals surface area contributed by atoms with E-state index in [4.69, 9.17) is 4.74 Å². The van der Waals surface area contributed by atoms with Crippen LogP contribution < -0.4 is 4.74 Å². The van der Waals surface area contributed by atoms with Gasteiger partial charge < -0.3 is 9.47 Å². The maximum absolute atomic E-state index is 11.5. The van der Waals surface area contributed by atoms with Crippen LogP contribution in [0.1, 0.15) is 16.1 Å². The first-order valence-corrected chi connectivity index (χ1v) is 5.44. The molecule has 0 fully saturated rings. The predicted molar refractivity (Wildman–Crippen MR) is 66.2 cm³/mol. The van der Waals surface area contributed by atoms with Gasteiger partial charge in [-0.05, 0) is 25.1 Å². The number of esters is 1. The molecule has 2 rings (SSSR count). The molecule has 0 bridgehead atoms. The molecule has 0 atom stereocenters. The predicted octanol–water partition coefficient (Wildman–Crippen LogP) is 1.98. The standard InChI is InChI=1S/C13H14N2O3/c1-9-6-7-15(14-9)10-4-5-11(13(16)18-3)12(8-10)17-2/h4-8H,1-3H3. The number of ether oxygens (including phenoxy) is 2. The second kappa shape index (κ2) is 4.91. The van der Waals surface area contributed by atoms with Crippen LogP contribution in [0.2, 0.25) is 0 Å². The number of nitrogens with zero attached hydrogens (tertiary/aromatic N) is 2. The van der Waals surface area contributed by atoms with Crippen LogP contribution >= 0.6 is 0 Å². The summed E-state index contributed by atoms with van der Waals surface area (Å²) in [5, 5.41) is 4.30. The van der Waals surface area contributed by atoms with Gasteiger partial charge in [-0.15, -0.1) is 0 Å². The van der Waals surface area contributed by atoms with E-state index in [1.807, 2.05) is 19.2 Å². The van der Waals surface area contributed by atoms with Crippen molar-refractivity contribution in [2.45, 2.75) is 6.92 Å². The van der Waals surface area contributed by atoms with E-state index >= 15 is 0 Å². The number of hydrogen-bond donors (Lipinski definition) is 0. The highest BCUT2D eigenvalue weighted by Gasteiger charge is 2.13. The molecule has 18 heavy (non-hydrogen) atoms. The van der Waals surface area contributed by atoms with E-state index in [0.29, 0.717) is 11.3 Å². The summed E-state index contributed by atoms with van der Waals surface area (Å²) in [5.74, 6) is 0.0440. The number of aromatic nitrogens is 2. The number of carbonyl (C=O) groups excluding carboxylic acids is 1. The highest BCUT2D eigenvalue weighted by Crippen LogP contribution is 2.23. The Hall–Kier alpha value is -2.30. The van der Waals surface area contributed by atoms with E-state index in [1.54, 1.807) is 22.9 Å². The molecule has 0 unspecified atom stereocenters. The fraction of sp³-hybridized carbons (Fsp3) is 0.231. The van der Waals surface area contributed by atoms with Crippen molar-refractivity contribution in [3.63, 3.8) is 0 Å². The molecule has 5 heteroatoms. The largest absolute Gasteiger partial charge is 0.496 e. The second-order valence-electron chi connectivity index (χ2n) is 3.78. The van der Waals surface area contributed by atoms with Gasteiger partial charge in [0, 0.05) is 12.3 Å². The van der Waals surface area contributed by atoms with Crippen LogP contribution in [0.3, 0.4) is 0 Å². The fourth-order valence-corrected chi connectivity index (χ4v) is 1.66. The van der Waals surface area contributed by atoms with E-state index in [9.17, 15) is 4.79 Å². The van der Waals surface area contributed by atoms with Gasteiger partial charge in [-0.1, -0.05) is 0 Å². The first-order valence-electron chi connectivity index (χ1n) is 5.44. The average Bonchev–Trinajstić information content (AvgIpc) is 2.83. The molecule has 0 N–H and O–H groups in total. The van der Waals surface area contributed by atoms with Crippen LogP contribution in [0.5, 0.6) is 5.75 Å². The van der Waals surface area contributed by atoms with Crippen LogP contribution in [0.25, 0.3) is 5.69 Å². The zero-order valence-electron chi connectivity index (χ0n) is 10.5. The van der Waals surface area contributed by atoms with Crippen LogP contribution in [0, 0.1) is 6.92 Å². The van der Waals surface area contributed by atoms with Gasteiger partial charge in [-0.25, -0.2) is 9.48 Å². The Kier molecular flexibility index (Phi) is 3.32. The molecular weight excluding hydrogens is 232 g/mol. The first kappa shape index (κ1) is 12.2. The maximum Gasteiger partial charge on any atom is 0.341 e. The zero-order chi connectivity index (χ0) is 13.1. The van der Waals surface area contributed by atoms with Gasteiger partial charge >= 0.3 is 5.97 Å². The van der Waals surface area contributed by atoms with Crippen molar-refractivity contribution < 1.29 is 14.3 Å². The number of benzene rings is 1. The molecule has 94 valence electrons. The Morgan fingerprint density at radius 1 is 1.28 bits per heavy atom. The maximum atomic E-state index is 11.5. The quantitative estimate of drug-likeness (QED) is 0.777. The molecule has 1 aromatic heterocycles. The molecule has 1 aromatic carbocycles. The minimum absolute atomic E-state index is 0.396. The van der Waals surface area contributed by atoms with Crippen molar-refractivity contribution >= 4 is 5.97 Å². The summed E-state index contributed by atoms with van der Waals surface area (Å²) < 4.78 is 11.6. The molecule has 0 spiro atoms. The molecule has 0 aliphatic heterocycles. The lowest BCUT2D eigenvalue weighted by molar-refractivity contribution is 0.0597. The smallest absolute Gasteiger partial charge is 0.341 e. The van der Waals surface area contributed by atoms with Gasteiger partial charge in [0.2, 0.25) is 0 Å². The van der Waals surface area contributed by atoms with Gasteiger partial charge in [0.05, 0.1) is 25.6 Å². The third-order valence-electron chi connectivity index (χ3n) is 2.58. The highest BCUT2D eigenvalue weighted by molar-refractivity contribution is 5.92. The summed E-state index contributed by atoms with van der Waals surface area (Å²) in [6.07, 6.45) is 1.85. The van der Waals surface area contributed by atoms with E-state index < -0.39 is 5.97 Å². The Morgan fingerprint density at radius 3 is 2.61 bits per heavy atom. The number of carbonyl (C=O) groups is 1. The van der Waals surface area contributed by atoms with E-state index in [2.05, 4.69) is 9.84 Å². The number of rotatable bonds is 3. The number of hydrogen-bond acceptors (Lipinski definition) is 4. The zero-order valence-corrected chi connectivity index (χ0v) is 10.5. The van der Waals surface area contributed by atoms with E-state index in [-0.39, 0.29) is 0 Å². The summed E-state index contributed by atoms with van der Waals surface area (Å²) >= 11 is 0. The molecular formula is C13H14N2O3. The molecule has 0 amide bonds. The molecule has 0 radical (unpaired) electrons. The van der Waals surface area contributed by atoms with Crippen LogP contribution in [-0.2, 0) is 4.74 Å². The van der Waals surface area contributed by atoms with Crippen LogP contribution in [0.15, 0.2) is 30.5 Å². The lowest BCUT2D eigenvalue weighted by Crippen LogP contribution is -2.05. The molecule has 0 aliphatic rings. The van der Waals surface area contributed by atoms with E-state index in [1.165, 1.54) is 14.2 Å². The normalized spacial score (nSPS) is 10.2. The summed E-state index contributed by atoms with van der Waals surface area (Å²) in [7, 11) is 2.85. The molecule has 2 aromatic rings. The Morgan fingerprint density at radius 2 is 2.06 bits per heavy atom. The molecule has 5 nitrogen and oxygen atoms in total. The Balaban J connectivity index is 2.44. The van der Waals surface area contributed by atoms with Gasteiger partial charge in [0.1, 0.15) is 11.3 Å². The van der Waals surface area contributed by atoms with Gasteiger partial charge in [0.15, 0.2) is 0 Å². The minimum Gasteiger partial charge on any atom is -0.496 e. The second-order valence-corrected chi connectivity index (χ2v) is 3.78. The third-order valence-corrected chi connectivity index (χ3v) is 2.58. The Bertz CT molecular complexity index is 575. The summed E-state index contributed by atoms with van der Waals surface area (Å²) in [6.45, 7) is 1.91. The molecule has 1 heterocycles. The Labute approximate surface area is 105 Å². The van der Waals surface area contributed by atoms with Crippen LogP contribution in [-0.4, -0.2) is 30.0 Å². The minimum atomic E-state index is -0.421.